The Kier molecular flexibility index (Phi) is 5.57. The van der Waals surface area contributed by atoms with Crippen LogP contribution in [0.25, 0.3) is 5.65 Å². The van der Waals surface area contributed by atoms with Crippen molar-refractivity contribution in [3.8, 4) is 6.07 Å². The van der Waals surface area contributed by atoms with E-state index in [1.54, 1.807) is 12.5 Å². The van der Waals surface area contributed by atoms with Gasteiger partial charge in [-0.2, -0.15) is 5.26 Å². The van der Waals surface area contributed by atoms with Crippen molar-refractivity contribution in [3.05, 3.63) is 77.8 Å². The fraction of sp³-hybridized carbons (Fsp3) is 0.393. The highest BCUT2D eigenvalue weighted by atomic mass is 16.1. The third-order valence-electron chi connectivity index (χ3n) is 7.97. The lowest BCUT2D eigenvalue weighted by molar-refractivity contribution is 0.102. The van der Waals surface area contributed by atoms with Gasteiger partial charge in [0.15, 0.2) is 0 Å². The number of nitrogens with one attached hydrogen (secondary N) is 2. The lowest BCUT2D eigenvalue weighted by atomic mass is 9.57. The number of benzene rings is 1. The minimum atomic E-state index is -0.325. The Morgan fingerprint density at radius 2 is 2.11 bits per heavy atom. The van der Waals surface area contributed by atoms with Gasteiger partial charge in [0, 0.05) is 49.8 Å². The number of rotatable bonds is 8. The number of imidazole rings is 1. The van der Waals surface area contributed by atoms with E-state index in [9.17, 15) is 10.1 Å². The van der Waals surface area contributed by atoms with Crippen LogP contribution in [0.5, 0.6) is 0 Å². The number of hydrogen-bond acceptors (Lipinski definition) is 6. The van der Waals surface area contributed by atoms with Crippen LogP contribution in [0.15, 0.2) is 55.2 Å². The molecule has 2 N–H and O–H groups in total. The minimum absolute atomic E-state index is 0.198. The van der Waals surface area contributed by atoms with Crippen LogP contribution in [0, 0.1) is 17.2 Å². The van der Waals surface area contributed by atoms with Gasteiger partial charge >= 0.3 is 0 Å². The summed E-state index contributed by atoms with van der Waals surface area (Å²) < 4.78 is 3.86. The van der Waals surface area contributed by atoms with Crippen molar-refractivity contribution in [2.24, 2.45) is 13.0 Å². The summed E-state index contributed by atoms with van der Waals surface area (Å²) in [5, 5.41) is 24.4. The number of pyridine rings is 1. The SMILES string of the molecule is Cn1cnnc1C1(c2cccc(NC(=O)c3cc(CNC4(C)CC4)cn4ccnc34)c2)CC(CC#N)C1. The Hall–Kier alpha value is -4.03. The number of anilines is 1. The molecule has 0 spiro atoms. The number of carbonyl (C=O) groups excluding carboxylic acids is 1. The van der Waals surface area contributed by atoms with Gasteiger partial charge in [-0.3, -0.25) is 4.79 Å². The molecule has 2 aliphatic carbocycles. The highest BCUT2D eigenvalue weighted by Crippen LogP contribution is 2.53. The summed E-state index contributed by atoms with van der Waals surface area (Å²) >= 11 is 0. The third-order valence-corrected chi connectivity index (χ3v) is 7.97. The van der Waals surface area contributed by atoms with Crippen molar-refractivity contribution in [2.45, 2.75) is 56.5 Å². The zero-order valence-electron chi connectivity index (χ0n) is 21.1. The van der Waals surface area contributed by atoms with Crippen molar-refractivity contribution < 1.29 is 4.79 Å². The molecule has 2 fully saturated rings. The second-order valence-electron chi connectivity index (χ2n) is 10.9. The average molecular weight is 495 g/mol. The van der Waals surface area contributed by atoms with Gasteiger partial charge in [0.05, 0.1) is 17.0 Å². The first kappa shape index (κ1) is 23.4. The molecule has 3 heterocycles. The van der Waals surface area contributed by atoms with Crippen molar-refractivity contribution in [3.63, 3.8) is 0 Å². The van der Waals surface area contributed by atoms with Gasteiger partial charge in [0.25, 0.3) is 5.91 Å². The molecule has 0 bridgehead atoms. The molecule has 4 aromatic rings. The monoisotopic (exact) mass is 494 g/mol. The highest BCUT2D eigenvalue weighted by molar-refractivity contribution is 6.08. The van der Waals surface area contributed by atoms with Crippen LogP contribution in [-0.4, -0.2) is 35.6 Å². The van der Waals surface area contributed by atoms with Crippen LogP contribution in [0.2, 0.25) is 0 Å². The predicted octanol–water partition coefficient (Wildman–Crippen LogP) is 3.97. The van der Waals surface area contributed by atoms with Gasteiger partial charge in [-0.05, 0) is 67.9 Å². The van der Waals surface area contributed by atoms with E-state index in [-0.39, 0.29) is 16.9 Å². The van der Waals surface area contributed by atoms with E-state index < -0.39 is 0 Å². The van der Waals surface area contributed by atoms with Gasteiger partial charge < -0.3 is 19.6 Å². The lowest BCUT2D eigenvalue weighted by Crippen LogP contribution is -2.44. The summed E-state index contributed by atoms with van der Waals surface area (Å²) in [7, 11) is 1.95. The van der Waals surface area contributed by atoms with E-state index >= 15 is 0 Å². The molecule has 1 amide bonds. The van der Waals surface area contributed by atoms with Crippen molar-refractivity contribution >= 4 is 17.2 Å². The van der Waals surface area contributed by atoms with Crippen LogP contribution in [0.1, 0.15) is 66.3 Å². The number of carbonyl (C=O) groups is 1. The zero-order valence-corrected chi connectivity index (χ0v) is 21.1. The minimum Gasteiger partial charge on any atom is -0.322 e. The Bertz CT molecular complexity index is 1520. The maximum absolute atomic E-state index is 13.5. The first-order valence-electron chi connectivity index (χ1n) is 12.7. The van der Waals surface area contributed by atoms with Gasteiger partial charge in [0.2, 0.25) is 0 Å². The van der Waals surface area contributed by atoms with E-state index in [0.29, 0.717) is 35.8 Å². The summed E-state index contributed by atoms with van der Waals surface area (Å²) in [5.41, 5.74) is 3.87. The summed E-state index contributed by atoms with van der Waals surface area (Å²) in [6.45, 7) is 2.92. The standard InChI is InChI=1S/C28H30N8O/c1-27(7-8-27)31-16-20-12-23(24-30-10-11-36(24)17-20)25(37)33-22-5-3-4-21(13-22)28(14-19(15-28)6-9-29)26-34-32-18-35(26)2/h3-5,10-13,17-19,31H,6-8,14-16H2,1-2H3,(H,33,37). The smallest absolute Gasteiger partial charge is 0.259 e. The van der Waals surface area contributed by atoms with E-state index in [4.69, 9.17) is 0 Å². The quantitative estimate of drug-likeness (QED) is 0.383. The van der Waals surface area contributed by atoms with Crippen LogP contribution in [0.3, 0.4) is 0 Å². The number of nitriles is 1. The predicted molar refractivity (Wildman–Crippen MR) is 139 cm³/mol. The number of aryl methyl sites for hydroxylation is 1. The molecule has 9 nitrogen and oxygen atoms in total. The summed E-state index contributed by atoms with van der Waals surface area (Å²) in [6, 6.07) is 12.2. The van der Waals surface area contributed by atoms with Gasteiger partial charge in [0.1, 0.15) is 17.8 Å². The number of aromatic nitrogens is 5. The summed E-state index contributed by atoms with van der Waals surface area (Å²) in [5.74, 6) is 1.01. The molecule has 0 radical (unpaired) electrons. The Labute approximate surface area is 215 Å². The maximum Gasteiger partial charge on any atom is 0.259 e. The Balaban J connectivity index is 1.28. The Morgan fingerprint density at radius 1 is 1.27 bits per heavy atom. The molecular weight excluding hydrogens is 464 g/mol. The molecule has 1 aromatic carbocycles. The average Bonchev–Trinajstić information content (AvgIpc) is 3.21. The van der Waals surface area contributed by atoms with Crippen LogP contribution >= 0.6 is 0 Å². The first-order chi connectivity index (χ1) is 17.9. The van der Waals surface area contributed by atoms with E-state index in [1.165, 1.54) is 12.8 Å². The van der Waals surface area contributed by atoms with E-state index in [1.807, 2.05) is 52.7 Å². The van der Waals surface area contributed by atoms with Crippen LogP contribution in [0.4, 0.5) is 5.69 Å². The molecule has 0 unspecified atom stereocenters. The molecular formula is C28H30N8O. The fourth-order valence-electron chi connectivity index (χ4n) is 5.59. The van der Waals surface area contributed by atoms with Gasteiger partial charge in [-0.15, -0.1) is 10.2 Å². The molecule has 0 saturated heterocycles. The van der Waals surface area contributed by atoms with Gasteiger partial charge in [-0.1, -0.05) is 12.1 Å². The molecule has 0 aliphatic heterocycles. The van der Waals surface area contributed by atoms with E-state index in [2.05, 4.69) is 44.9 Å². The molecule has 6 rings (SSSR count). The molecule has 188 valence electrons. The van der Waals surface area contributed by atoms with Crippen LogP contribution in [-0.2, 0) is 19.0 Å². The second-order valence-corrected chi connectivity index (χ2v) is 10.9. The number of nitrogens with zero attached hydrogens (tertiary/aromatic N) is 6. The van der Waals surface area contributed by atoms with Crippen LogP contribution < -0.4 is 10.6 Å². The summed E-state index contributed by atoms with van der Waals surface area (Å²) in [6.07, 6.45) is 11.9. The number of hydrogen-bond donors (Lipinski definition) is 2. The highest BCUT2D eigenvalue weighted by Gasteiger charge is 2.49. The van der Waals surface area contributed by atoms with Crippen molar-refractivity contribution in [1.29, 1.82) is 5.26 Å². The van der Waals surface area contributed by atoms with Gasteiger partial charge in [-0.25, -0.2) is 4.98 Å². The largest absolute Gasteiger partial charge is 0.322 e. The lowest BCUT2D eigenvalue weighted by Gasteiger charge is -2.46. The molecule has 0 atom stereocenters. The Morgan fingerprint density at radius 3 is 2.84 bits per heavy atom. The number of fused-ring (bicyclic) bond motifs is 1. The van der Waals surface area contributed by atoms with Crippen molar-refractivity contribution in [2.75, 3.05) is 5.32 Å². The third kappa shape index (κ3) is 4.27. The second kappa shape index (κ2) is 8.82. The summed E-state index contributed by atoms with van der Waals surface area (Å²) in [4.78, 5) is 17.9. The molecule has 3 aromatic heterocycles. The molecule has 9 heteroatoms. The normalized spacial score (nSPS) is 21.8. The fourth-order valence-corrected chi connectivity index (χ4v) is 5.59. The topological polar surface area (TPSA) is 113 Å². The zero-order chi connectivity index (χ0) is 25.6. The van der Waals surface area contributed by atoms with Crippen molar-refractivity contribution in [1.82, 2.24) is 29.5 Å². The molecule has 2 aliphatic rings. The van der Waals surface area contributed by atoms with E-state index in [0.717, 1.165) is 29.8 Å². The maximum atomic E-state index is 13.5. The molecule has 37 heavy (non-hydrogen) atoms. The first-order valence-corrected chi connectivity index (χ1v) is 12.7. The number of amides is 1. The molecule has 2 saturated carbocycles.